The molecule has 0 aliphatic carbocycles. The summed E-state index contributed by atoms with van der Waals surface area (Å²) in [7, 11) is 1.49. The van der Waals surface area contributed by atoms with Gasteiger partial charge in [0.2, 0.25) is 0 Å². The second-order valence-corrected chi connectivity index (χ2v) is 5.37. The summed E-state index contributed by atoms with van der Waals surface area (Å²) < 4.78 is 25.3. The second-order valence-electron chi connectivity index (χ2n) is 5.37. The highest BCUT2D eigenvalue weighted by molar-refractivity contribution is 5.94. The SMILES string of the molecule is CN1C(=O)OC(F)(C(=O)N2CCOCC2)Cc2ccccc21. The third-order valence-corrected chi connectivity index (χ3v) is 3.91. The molecule has 0 N–H and O–H groups in total. The number of anilines is 1. The molecule has 0 spiro atoms. The number of carbonyl (C=O) groups is 2. The van der Waals surface area contributed by atoms with Gasteiger partial charge in [-0.25, -0.2) is 4.79 Å². The van der Waals surface area contributed by atoms with Crippen LogP contribution in [0.1, 0.15) is 5.56 Å². The van der Waals surface area contributed by atoms with Gasteiger partial charge in [-0.15, -0.1) is 0 Å². The molecule has 0 aromatic heterocycles. The number of hydrogen-bond donors (Lipinski definition) is 0. The maximum Gasteiger partial charge on any atom is 0.417 e. The van der Waals surface area contributed by atoms with Crippen molar-refractivity contribution in [3.8, 4) is 0 Å². The first-order chi connectivity index (χ1) is 10.5. The quantitative estimate of drug-likeness (QED) is 0.785. The van der Waals surface area contributed by atoms with Crippen LogP contribution in [0.15, 0.2) is 24.3 Å². The minimum atomic E-state index is -2.69. The fraction of sp³-hybridized carbons (Fsp3) is 0.467. The topological polar surface area (TPSA) is 59.1 Å². The molecule has 1 saturated heterocycles. The predicted molar refractivity (Wildman–Crippen MR) is 76.3 cm³/mol. The smallest absolute Gasteiger partial charge is 0.402 e. The molecule has 2 amide bonds. The van der Waals surface area contributed by atoms with E-state index in [1.165, 1.54) is 16.8 Å². The summed E-state index contributed by atoms with van der Waals surface area (Å²) in [6.07, 6.45) is -1.18. The van der Waals surface area contributed by atoms with Gasteiger partial charge in [-0.05, 0) is 11.6 Å². The van der Waals surface area contributed by atoms with Crippen LogP contribution in [0, 0.1) is 0 Å². The highest BCUT2D eigenvalue weighted by Crippen LogP contribution is 2.33. The number of cyclic esters (lactones) is 1. The van der Waals surface area contributed by atoms with E-state index in [4.69, 9.17) is 9.47 Å². The van der Waals surface area contributed by atoms with Crippen LogP contribution in [-0.4, -0.2) is 56.1 Å². The Morgan fingerprint density at radius 1 is 1.27 bits per heavy atom. The Bertz CT molecular complexity index is 603. The van der Waals surface area contributed by atoms with Crippen molar-refractivity contribution in [1.29, 1.82) is 0 Å². The van der Waals surface area contributed by atoms with Gasteiger partial charge in [0.1, 0.15) is 0 Å². The Hall–Kier alpha value is -2.15. The number of morpholine rings is 1. The van der Waals surface area contributed by atoms with E-state index in [-0.39, 0.29) is 6.42 Å². The van der Waals surface area contributed by atoms with Gasteiger partial charge in [-0.2, -0.15) is 4.39 Å². The van der Waals surface area contributed by atoms with Gasteiger partial charge >= 0.3 is 17.9 Å². The molecule has 2 aliphatic rings. The van der Waals surface area contributed by atoms with Crippen LogP contribution >= 0.6 is 0 Å². The molecule has 2 heterocycles. The van der Waals surface area contributed by atoms with E-state index in [0.717, 1.165) is 0 Å². The molecule has 3 rings (SSSR count). The average Bonchev–Trinajstić information content (AvgIpc) is 2.63. The molecular formula is C15H17FN2O4. The molecule has 7 heteroatoms. The Kier molecular flexibility index (Phi) is 3.74. The van der Waals surface area contributed by atoms with Crippen LogP contribution in [0.25, 0.3) is 0 Å². The number of halogens is 1. The predicted octanol–water partition coefficient (Wildman–Crippen LogP) is 1.34. The molecular weight excluding hydrogens is 291 g/mol. The number of amides is 2. The minimum absolute atomic E-state index is 0.291. The summed E-state index contributed by atoms with van der Waals surface area (Å²) in [5.74, 6) is -3.51. The normalized spacial score (nSPS) is 25.3. The van der Waals surface area contributed by atoms with Crippen LogP contribution in [-0.2, 0) is 20.7 Å². The van der Waals surface area contributed by atoms with Crippen molar-refractivity contribution in [1.82, 2.24) is 4.90 Å². The number of benzene rings is 1. The Morgan fingerprint density at radius 2 is 1.95 bits per heavy atom. The van der Waals surface area contributed by atoms with Crippen molar-refractivity contribution in [3.05, 3.63) is 29.8 Å². The Balaban J connectivity index is 1.93. The molecule has 1 aromatic carbocycles. The fourth-order valence-corrected chi connectivity index (χ4v) is 2.70. The Labute approximate surface area is 127 Å². The lowest BCUT2D eigenvalue weighted by Gasteiger charge is -2.32. The summed E-state index contributed by atoms with van der Waals surface area (Å²) in [6.45, 7) is 1.29. The van der Waals surface area contributed by atoms with Gasteiger partial charge in [0, 0.05) is 20.1 Å². The number of hydrogen-bond acceptors (Lipinski definition) is 4. The zero-order chi connectivity index (χ0) is 15.7. The van der Waals surface area contributed by atoms with Gasteiger partial charge in [-0.1, -0.05) is 18.2 Å². The Morgan fingerprint density at radius 3 is 2.68 bits per heavy atom. The van der Waals surface area contributed by atoms with Crippen LogP contribution < -0.4 is 4.90 Å². The van der Waals surface area contributed by atoms with Crippen molar-refractivity contribution >= 4 is 17.7 Å². The molecule has 1 fully saturated rings. The average molecular weight is 308 g/mol. The molecule has 118 valence electrons. The van der Waals surface area contributed by atoms with Crippen LogP contribution in [0.3, 0.4) is 0 Å². The monoisotopic (exact) mass is 308 g/mol. The molecule has 1 unspecified atom stereocenters. The summed E-state index contributed by atoms with van der Waals surface area (Å²) >= 11 is 0. The molecule has 1 atom stereocenters. The van der Waals surface area contributed by atoms with E-state index in [9.17, 15) is 9.59 Å². The van der Waals surface area contributed by atoms with Gasteiger partial charge in [0.05, 0.1) is 25.3 Å². The van der Waals surface area contributed by atoms with Crippen LogP contribution in [0.5, 0.6) is 0 Å². The van der Waals surface area contributed by atoms with Crippen molar-refractivity contribution in [2.75, 3.05) is 38.3 Å². The first-order valence-corrected chi connectivity index (χ1v) is 7.12. The molecule has 0 radical (unpaired) electrons. The zero-order valence-electron chi connectivity index (χ0n) is 12.3. The fourth-order valence-electron chi connectivity index (χ4n) is 2.70. The maximum absolute atomic E-state index is 15.2. The molecule has 0 bridgehead atoms. The number of alkyl halides is 1. The number of fused-ring (bicyclic) bond motifs is 1. The molecule has 6 nitrogen and oxygen atoms in total. The van der Waals surface area contributed by atoms with Gasteiger partial charge in [0.15, 0.2) is 0 Å². The van der Waals surface area contributed by atoms with Crippen molar-refractivity contribution in [2.24, 2.45) is 0 Å². The molecule has 22 heavy (non-hydrogen) atoms. The third kappa shape index (κ3) is 2.52. The second kappa shape index (κ2) is 5.57. The maximum atomic E-state index is 15.2. The largest absolute Gasteiger partial charge is 0.417 e. The summed E-state index contributed by atoms with van der Waals surface area (Å²) in [4.78, 5) is 27.1. The third-order valence-electron chi connectivity index (χ3n) is 3.91. The van der Waals surface area contributed by atoms with E-state index in [1.54, 1.807) is 24.3 Å². The minimum Gasteiger partial charge on any atom is -0.402 e. The lowest BCUT2D eigenvalue weighted by atomic mass is 10.0. The lowest BCUT2D eigenvalue weighted by molar-refractivity contribution is -0.175. The van der Waals surface area contributed by atoms with E-state index < -0.39 is 17.9 Å². The zero-order valence-corrected chi connectivity index (χ0v) is 12.3. The van der Waals surface area contributed by atoms with E-state index in [0.29, 0.717) is 37.6 Å². The highest BCUT2D eigenvalue weighted by atomic mass is 19.2. The molecule has 0 saturated carbocycles. The van der Waals surface area contributed by atoms with Crippen molar-refractivity contribution < 1.29 is 23.5 Å². The number of carbonyl (C=O) groups excluding carboxylic acids is 2. The molecule has 1 aromatic rings. The van der Waals surface area contributed by atoms with Crippen LogP contribution in [0.2, 0.25) is 0 Å². The summed E-state index contributed by atoms with van der Waals surface area (Å²) in [5, 5.41) is 0. The van der Waals surface area contributed by atoms with E-state index in [1.807, 2.05) is 0 Å². The van der Waals surface area contributed by atoms with Crippen molar-refractivity contribution in [3.63, 3.8) is 0 Å². The lowest BCUT2D eigenvalue weighted by Crippen LogP contribution is -2.53. The number of rotatable bonds is 1. The first-order valence-electron chi connectivity index (χ1n) is 7.12. The summed E-state index contributed by atoms with van der Waals surface area (Å²) in [5.41, 5.74) is 1.10. The number of ether oxygens (including phenoxy) is 2. The summed E-state index contributed by atoms with van der Waals surface area (Å²) in [6, 6.07) is 6.87. The van der Waals surface area contributed by atoms with Crippen molar-refractivity contribution in [2.45, 2.75) is 12.3 Å². The van der Waals surface area contributed by atoms with E-state index in [2.05, 4.69) is 0 Å². The van der Waals surface area contributed by atoms with Gasteiger partial charge in [-0.3, -0.25) is 9.69 Å². The van der Waals surface area contributed by atoms with Crippen LogP contribution in [0.4, 0.5) is 14.9 Å². The first kappa shape index (κ1) is 14.8. The standard InChI is InChI=1S/C15H17FN2O4/c1-17-12-5-3-2-4-11(12)10-15(16,22-14(17)20)13(19)18-6-8-21-9-7-18/h2-5H,6-10H2,1H3. The van der Waals surface area contributed by atoms with E-state index >= 15 is 4.39 Å². The number of para-hydroxylation sites is 1. The molecule has 2 aliphatic heterocycles. The van der Waals surface area contributed by atoms with Gasteiger partial charge < -0.3 is 14.4 Å². The highest BCUT2D eigenvalue weighted by Gasteiger charge is 2.49. The number of nitrogens with zero attached hydrogens (tertiary/aromatic N) is 2. The van der Waals surface area contributed by atoms with Gasteiger partial charge in [0.25, 0.3) is 0 Å².